The van der Waals surface area contributed by atoms with Crippen LogP contribution in [0, 0.1) is 0 Å². The molecule has 160 valence electrons. The molecule has 0 fully saturated rings. The second-order valence-electron chi connectivity index (χ2n) is 7.11. The monoisotopic (exact) mass is 454 g/mol. The van der Waals surface area contributed by atoms with Crippen LogP contribution in [0.15, 0.2) is 70.0 Å². The molecular weight excluding hydrogens is 432 g/mol. The van der Waals surface area contributed by atoms with Gasteiger partial charge in [0.2, 0.25) is 5.91 Å². The lowest BCUT2D eigenvalue weighted by molar-refractivity contribution is -0.116. The molecule has 3 aromatic rings. The van der Waals surface area contributed by atoms with Gasteiger partial charge in [0, 0.05) is 41.4 Å². The Balaban J connectivity index is 1.21. The Morgan fingerprint density at radius 1 is 1.10 bits per heavy atom. The van der Waals surface area contributed by atoms with Gasteiger partial charge in [-0.1, -0.05) is 30.7 Å². The van der Waals surface area contributed by atoms with E-state index in [4.69, 9.17) is 0 Å². The summed E-state index contributed by atoms with van der Waals surface area (Å²) in [5, 5.41) is 5.78. The summed E-state index contributed by atoms with van der Waals surface area (Å²) < 4.78 is 26.6. The van der Waals surface area contributed by atoms with Gasteiger partial charge in [-0.15, -0.1) is 11.3 Å². The minimum absolute atomic E-state index is 0.0277. The zero-order valence-corrected chi connectivity index (χ0v) is 18.4. The molecule has 0 saturated carbocycles. The molecule has 1 aliphatic heterocycles. The van der Waals surface area contributed by atoms with Crippen molar-refractivity contribution in [2.24, 2.45) is 4.99 Å². The molecule has 0 spiro atoms. The van der Waals surface area contributed by atoms with E-state index in [1.807, 2.05) is 29.6 Å². The van der Waals surface area contributed by atoms with Crippen LogP contribution in [0.2, 0.25) is 0 Å². The Kier molecular flexibility index (Phi) is 6.43. The number of amidine groups is 1. The minimum Gasteiger partial charge on any atom is -0.326 e. The predicted octanol–water partition coefficient (Wildman–Crippen LogP) is 4.05. The topological polar surface area (TPSA) is 101 Å². The quantitative estimate of drug-likeness (QED) is 0.502. The fourth-order valence-electron chi connectivity index (χ4n) is 3.34. The fourth-order valence-corrected chi connectivity index (χ4v) is 5.22. The molecule has 7 nitrogen and oxygen atoms in total. The maximum atomic E-state index is 12.2. The van der Waals surface area contributed by atoms with Gasteiger partial charge >= 0.3 is 0 Å². The van der Waals surface area contributed by atoms with Gasteiger partial charge in [0.05, 0.1) is 4.90 Å². The lowest BCUT2D eigenvalue weighted by Gasteiger charge is -2.06. The lowest BCUT2D eigenvalue weighted by Crippen LogP contribution is -2.22. The first-order valence-electron chi connectivity index (χ1n) is 9.99. The van der Waals surface area contributed by atoms with Crippen LogP contribution in [0.1, 0.15) is 31.2 Å². The van der Waals surface area contributed by atoms with Crippen LogP contribution in [-0.2, 0) is 14.8 Å². The summed E-state index contributed by atoms with van der Waals surface area (Å²) in [5.41, 5.74) is 2.36. The Morgan fingerprint density at radius 2 is 1.97 bits per heavy atom. The first kappa shape index (κ1) is 21.2. The molecule has 2 aromatic carbocycles. The Morgan fingerprint density at radius 3 is 2.81 bits per heavy atom. The number of sulfonamides is 1. The molecule has 1 aliphatic rings. The van der Waals surface area contributed by atoms with Gasteiger partial charge in [-0.25, -0.2) is 13.4 Å². The minimum atomic E-state index is -3.50. The van der Waals surface area contributed by atoms with E-state index in [0.717, 1.165) is 35.5 Å². The number of nitrogens with zero attached hydrogens (tertiary/aromatic N) is 2. The predicted molar refractivity (Wildman–Crippen MR) is 123 cm³/mol. The summed E-state index contributed by atoms with van der Waals surface area (Å²) in [6, 6.07) is 14.5. The van der Waals surface area contributed by atoms with Gasteiger partial charge in [-0.2, -0.15) is 0 Å². The van der Waals surface area contributed by atoms with Gasteiger partial charge in [0.25, 0.3) is 10.0 Å². The number of rotatable bonds is 8. The summed E-state index contributed by atoms with van der Waals surface area (Å²) in [4.78, 5) is 21.2. The Bertz CT molecular complexity index is 1210. The molecule has 1 amide bonds. The summed E-state index contributed by atoms with van der Waals surface area (Å²) in [7, 11) is -3.50. The average Bonchev–Trinajstić information content (AvgIpc) is 3.38. The lowest BCUT2D eigenvalue weighted by atomic mass is 10.1. The molecule has 0 atom stereocenters. The number of fused-ring (bicyclic) bond motifs is 1. The highest BCUT2D eigenvalue weighted by Gasteiger charge is 2.29. The molecule has 0 unspecified atom stereocenters. The first-order valence-corrected chi connectivity index (χ1v) is 12.4. The van der Waals surface area contributed by atoms with Crippen LogP contribution >= 0.6 is 11.3 Å². The number of hydrogen-bond donors (Lipinski definition) is 2. The highest BCUT2D eigenvalue weighted by molar-refractivity contribution is 7.90. The highest BCUT2D eigenvalue weighted by atomic mass is 32.2. The zero-order valence-electron chi connectivity index (χ0n) is 16.7. The van der Waals surface area contributed by atoms with Crippen LogP contribution in [-0.4, -0.2) is 31.7 Å². The van der Waals surface area contributed by atoms with Crippen molar-refractivity contribution in [3.05, 3.63) is 65.7 Å². The van der Waals surface area contributed by atoms with Gasteiger partial charge in [0.1, 0.15) is 10.8 Å². The van der Waals surface area contributed by atoms with E-state index in [9.17, 15) is 13.2 Å². The van der Waals surface area contributed by atoms with Crippen molar-refractivity contribution in [1.29, 1.82) is 0 Å². The largest absolute Gasteiger partial charge is 0.326 e. The maximum absolute atomic E-state index is 12.2. The van der Waals surface area contributed by atoms with Crippen molar-refractivity contribution < 1.29 is 13.2 Å². The second-order valence-corrected chi connectivity index (χ2v) is 9.65. The van der Waals surface area contributed by atoms with E-state index in [1.165, 1.54) is 0 Å². The Labute approximate surface area is 185 Å². The molecule has 0 radical (unpaired) electrons. The molecule has 31 heavy (non-hydrogen) atoms. The summed E-state index contributed by atoms with van der Waals surface area (Å²) in [6.07, 6.45) is 4.53. The number of carbonyl (C=O) groups is 1. The van der Waals surface area contributed by atoms with E-state index in [2.05, 4.69) is 20.0 Å². The van der Waals surface area contributed by atoms with Gasteiger partial charge in [-0.05, 0) is 37.1 Å². The molecule has 1 aromatic heterocycles. The first-order chi connectivity index (χ1) is 15.0. The average molecular weight is 455 g/mol. The number of benzene rings is 2. The summed E-state index contributed by atoms with van der Waals surface area (Å²) in [6.45, 7) is 0.504. The van der Waals surface area contributed by atoms with Crippen molar-refractivity contribution in [2.45, 2.75) is 30.6 Å². The van der Waals surface area contributed by atoms with E-state index in [0.29, 0.717) is 24.4 Å². The van der Waals surface area contributed by atoms with E-state index in [-0.39, 0.29) is 10.8 Å². The Hall–Kier alpha value is -3.04. The van der Waals surface area contributed by atoms with Gasteiger partial charge in [0.15, 0.2) is 0 Å². The highest BCUT2D eigenvalue weighted by Crippen LogP contribution is 2.25. The van der Waals surface area contributed by atoms with Crippen molar-refractivity contribution in [3.8, 4) is 10.6 Å². The van der Waals surface area contributed by atoms with Crippen molar-refractivity contribution >= 4 is 38.8 Å². The van der Waals surface area contributed by atoms with Crippen LogP contribution in [0.4, 0.5) is 5.69 Å². The van der Waals surface area contributed by atoms with E-state index >= 15 is 0 Å². The number of aliphatic imine (C=N–C) groups is 1. The van der Waals surface area contributed by atoms with E-state index in [1.54, 1.807) is 41.8 Å². The maximum Gasteiger partial charge on any atom is 0.263 e. The number of thiazole rings is 1. The van der Waals surface area contributed by atoms with Gasteiger partial charge in [-0.3, -0.25) is 14.5 Å². The number of aromatic nitrogens is 1. The third kappa shape index (κ3) is 5.18. The number of unbranched alkanes of at least 4 members (excludes halogenated alkanes) is 2. The van der Waals surface area contributed by atoms with Crippen molar-refractivity contribution in [1.82, 2.24) is 9.71 Å². The summed E-state index contributed by atoms with van der Waals surface area (Å²) >= 11 is 1.56. The third-order valence-electron chi connectivity index (χ3n) is 4.82. The summed E-state index contributed by atoms with van der Waals surface area (Å²) in [5.74, 6) is 0.369. The molecule has 0 aliphatic carbocycles. The van der Waals surface area contributed by atoms with Crippen LogP contribution in [0.25, 0.3) is 10.6 Å². The molecule has 2 N–H and O–H groups in total. The number of carbonyl (C=O) groups excluding carboxylic acids is 1. The van der Waals surface area contributed by atoms with Crippen LogP contribution in [0.5, 0.6) is 0 Å². The molecule has 0 bridgehead atoms. The molecular formula is C22H22N4O3S2. The molecule has 9 heteroatoms. The van der Waals surface area contributed by atoms with Crippen LogP contribution < -0.4 is 10.0 Å². The smallest absolute Gasteiger partial charge is 0.263 e. The second kappa shape index (κ2) is 9.40. The standard InChI is InChI=1S/C22H22N4O3S2/c27-20(25-17-8-6-7-16(15-17)22-24-13-14-30-22)11-2-1-5-12-23-21-18-9-3-4-10-19(18)31(28,29)26-21/h3-4,6-10,13-15H,1-2,5,11-12H2,(H,23,26)(H,25,27). The number of amides is 1. The molecule has 4 rings (SSSR count). The molecule has 2 heterocycles. The molecule has 0 saturated heterocycles. The fraction of sp³-hybridized carbons (Fsp3) is 0.227. The normalized spacial score (nSPS) is 15.4. The number of hydrogen-bond acceptors (Lipinski definition) is 6. The third-order valence-corrected chi connectivity index (χ3v) is 7.04. The van der Waals surface area contributed by atoms with Crippen LogP contribution in [0.3, 0.4) is 0 Å². The van der Waals surface area contributed by atoms with Crippen molar-refractivity contribution in [3.63, 3.8) is 0 Å². The number of anilines is 1. The number of nitrogens with one attached hydrogen (secondary N) is 2. The zero-order chi connectivity index (χ0) is 21.7. The van der Waals surface area contributed by atoms with E-state index < -0.39 is 10.0 Å². The SMILES string of the molecule is O=C(CCCCCN=C1NS(=O)(=O)c2ccccc21)Nc1cccc(-c2nccs2)c1. The van der Waals surface area contributed by atoms with Crippen molar-refractivity contribution in [2.75, 3.05) is 11.9 Å². The van der Waals surface area contributed by atoms with Gasteiger partial charge < -0.3 is 5.32 Å².